The summed E-state index contributed by atoms with van der Waals surface area (Å²) in [6.45, 7) is 1.85. The SMILES string of the molecule is CCOC(=O)C(=O)OCCc1ccc(OC)c(OC)c1. The molecule has 0 bridgehead atoms. The zero-order valence-electron chi connectivity index (χ0n) is 11.8. The van der Waals surface area contributed by atoms with Crippen LogP contribution in [0.2, 0.25) is 0 Å². The molecule has 0 aliphatic carbocycles. The Labute approximate surface area is 117 Å². The maximum atomic E-state index is 11.2. The van der Waals surface area contributed by atoms with Crippen molar-refractivity contribution in [2.24, 2.45) is 0 Å². The molecule has 0 unspecified atom stereocenters. The number of esters is 2. The third-order valence-corrected chi connectivity index (χ3v) is 2.51. The minimum absolute atomic E-state index is 0.0904. The third-order valence-electron chi connectivity index (χ3n) is 2.51. The second kappa shape index (κ2) is 8.04. The normalized spacial score (nSPS) is 9.75. The highest BCUT2D eigenvalue weighted by atomic mass is 16.6. The first kappa shape index (κ1) is 15.8. The van der Waals surface area contributed by atoms with E-state index in [2.05, 4.69) is 4.74 Å². The predicted octanol–water partition coefficient (Wildman–Crippen LogP) is 1.35. The van der Waals surface area contributed by atoms with Crippen molar-refractivity contribution in [3.8, 4) is 11.5 Å². The van der Waals surface area contributed by atoms with Crippen molar-refractivity contribution in [3.63, 3.8) is 0 Å². The maximum Gasteiger partial charge on any atom is 0.417 e. The zero-order chi connectivity index (χ0) is 15.0. The average molecular weight is 282 g/mol. The van der Waals surface area contributed by atoms with Gasteiger partial charge in [-0.25, -0.2) is 9.59 Å². The fourth-order valence-electron chi connectivity index (χ4n) is 1.55. The maximum absolute atomic E-state index is 11.2. The molecule has 6 heteroatoms. The lowest BCUT2D eigenvalue weighted by Gasteiger charge is -2.09. The van der Waals surface area contributed by atoms with E-state index in [1.54, 1.807) is 33.3 Å². The molecule has 0 radical (unpaired) electrons. The smallest absolute Gasteiger partial charge is 0.417 e. The number of carbonyl (C=O) groups excluding carboxylic acids is 2. The van der Waals surface area contributed by atoms with Crippen LogP contribution in [0.5, 0.6) is 11.5 Å². The van der Waals surface area contributed by atoms with E-state index in [4.69, 9.17) is 14.2 Å². The second-order valence-corrected chi connectivity index (χ2v) is 3.80. The van der Waals surface area contributed by atoms with E-state index in [-0.39, 0.29) is 13.2 Å². The molecule has 110 valence electrons. The van der Waals surface area contributed by atoms with Gasteiger partial charge in [0.2, 0.25) is 0 Å². The van der Waals surface area contributed by atoms with Crippen LogP contribution in [-0.4, -0.2) is 39.4 Å². The molecule has 0 aliphatic heterocycles. The molecule has 0 aliphatic rings. The topological polar surface area (TPSA) is 71.1 Å². The minimum atomic E-state index is -0.979. The van der Waals surface area contributed by atoms with Crippen molar-refractivity contribution < 1.29 is 28.5 Å². The number of carbonyl (C=O) groups is 2. The number of benzene rings is 1. The Kier molecular flexibility index (Phi) is 6.36. The molecule has 0 N–H and O–H groups in total. The predicted molar refractivity (Wildman–Crippen MR) is 70.8 cm³/mol. The van der Waals surface area contributed by atoms with Gasteiger partial charge in [-0.3, -0.25) is 0 Å². The van der Waals surface area contributed by atoms with Crippen LogP contribution in [0, 0.1) is 0 Å². The van der Waals surface area contributed by atoms with Gasteiger partial charge in [0.25, 0.3) is 0 Å². The van der Waals surface area contributed by atoms with Crippen LogP contribution >= 0.6 is 0 Å². The summed E-state index contributed by atoms with van der Waals surface area (Å²) in [6, 6.07) is 5.39. The van der Waals surface area contributed by atoms with E-state index in [9.17, 15) is 9.59 Å². The zero-order valence-corrected chi connectivity index (χ0v) is 11.8. The quantitative estimate of drug-likeness (QED) is 0.579. The molecule has 20 heavy (non-hydrogen) atoms. The van der Waals surface area contributed by atoms with Gasteiger partial charge in [-0.15, -0.1) is 0 Å². The van der Waals surface area contributed by atoms with Gasteiger partial charge < -0.3 is 18.9 Å². The molecule has 1 aromatic carbocycles. The first-order valence-electron chi connectivity index (χ1n) is 6.17. The molecular formula is C14H18O6. The van der Waals surface area contributed by atoms with Crippen molar-refractivity contribution in [2.45, 2.75) is 13.3 Å². The summed E-state index contributed by atoms with van der Waals surface area (Å²) in [5.41, 5.74) is 0.902. The number of hydrogen-bond donors (Lipinski definition) is 0. The molecule has 0 fully saturated rings. The van der Waals surface area contributed by atoms with E-state index < -0.39 is 11.9 Å². The molecule has 1 aromatic rings. The molecular weight excluding hydrogens is 264 g/mol. The highest BCUT2D eigenvalue weighted by molar-refractivity contribution is 6.29. The van der Waals surface area contributed by atoms with Gasteiger partial charge in [0, 0.05) is 6.42 Å². The van der Waals surface area contributed by atoms with Crippen molar-refractivity contribution in [2.75, 3.05) is 27.4 Å². The first-order valence-corrected chi connectivity index (χ1v) is 6.17. The summed E-state index contributed by atoms with van der Waals surface area (Å²) in [5, 5.41) is 0. The number of ether oxygens (including phenoxy) is 4. The minimum Gasteiger partial charge on any atom is -0.493 e. The van der Waals surface area contributed by atoms with Gasteiger partial charge in [-0.1, -0.05) is 6.07 Å². The first-order chi connectivity index (χ1) is 9.62. The lowest BCUT2D eigenvalue weighted by atomic mass is 10.1. The Morgan fingerprint density at radius 3 is 2.25 bits per heavy atom. The van der Waals surface area contributed by atoms with Gasteiger partial charge in [0.05, 0.1) is 27.4 Å². The lowest BCUT2D eigenvalue weighted by Crippen LogP contribution is -2.21. The van der Waals surface area contributed by atoms with Crippen molar-refractivity contribution in [1.29, 1.82) is 0 Å². The van der Waals surface area contributed by atoms with Gasteiger partial charge in [-0.2, -0.15) is 0 Å². The average Bonchev–Trinajstić information content (AvgIpc) is 2.47. The Bertz CT molecular complexity index is 469. The van der Waals surface area contributed by atoms with Crippen LogP contribution in [0.3, 0.4) is 0 Å². The van der Waals surface area contributed by atoms with Crippen LogP contribution in [-0.2, 0) is 25.5 Å². The van der Waals surface area contributed by atoms with Gasteiger partial charge in [0.15, 0.2) is 11.5 Å². The van der Waals surface area contributed by atoms with Crippen molar-refractivity contribution >= 4 is 11.9 Å². The number of hydrogen-bond acceptors (Lipinski definition) is 6. The molecule has 0 aromatic heterocycles. The van der Waals surface area contributed by atoms with E-state index in [0.717, 1.165) is 5.56 Å². The highest BCUT2D eigenvalue weighted by Crippen LogP contribution is 2.27. The summed E-state index contributed by atoms with van der Waals surface area (Å²) >= 11 is 0. The fraction of sp³-hybridized carbons (Fsp3) is 0.429. The summed E-state index contributed by atoms with van der Waals surface area (Å²) in [5.74, 6) is -0.728. The van der Waals surface area contributed by atoms with Gasteiger partial charge >= 0.3 is 11.9 Å². The molecule has 6 nitrogen and oxygen atoms in total. The van der Waals surface area contributed by atoms with Crippen LogP contribution in [0.1, 0.15) is 12.5 Å². The van der Waals surface area contributed by atoms with Crippen LogP contribution in [0.25, 0.3) is 0 Å². The molecule has 0 saturated carbocycles. The molecule has 1 rings (SSSR count). The van der Waals surface area contributed by atoms with Gasteiger partial charge in [0.1, 0.15) is 0 Å². The molecule has 0 heterocycles. The fourth-order valence-corrected chi connectivity index (χ4v) is 1.55. The Balaban J connectivity index is 2.50. The Morgan fingerprint density at radius 1 is 1.00 bits per heavy atom. The summed E-state index contributed by atoms with van der Waals surface area (Å²) in [6.07, 6.45) is 0.464. The van der Waals surface area contributed by atoms with E-state index in [0.29, 0.717) is 17.9 Å². The molecule has 0 spiro atoms. The van der Waals surface area contributed by atoms with Crippen molar-refractivity contribution in [3.05, 3.63) is 23.8 Å². The van der Waals surface area contributed by atoms with Crippen LogP contribution < -0.4 is 9.47 Å². The monoisotopic (exact) mass is 282 g/mol. The van der Waals surface area contributed by atoms with Gasteiger partial charge in [-0.05, 0) is 24.6 Å². The Hall–Kier alpha value is -2.24. The standard InChI is InChI=1S/C14H18O6/c1-4-19-13(15)14(16)20-8-7-10-5-6-11(17-2)12(9-10)18-3/h5-6,9H,4,7-8H2,1-3H3. The Morgan fingerprint density at radius 2 is 1.65 bits per heavy atom. The third kappa shape index (κ3) is 4.46. The second-order valence-electron chi connectivity index (χ2n) is 3.80. The largest absolute Gasteiger partial charge is 0.493 e. The highest BCUT2D eigenvalue weighted by Gasteiger charge is 2.16. The summed E-state index contributed by atoms with van der Waals surface area (Å²) in [4.78, 5) is 22.2. The van der Waals surface area contributed by atoms with Crippen molar-refractivity contribution in [1.82, 2.24) is 0 Å². The van der Waals surface area contributed by atoms with Crippen LogP contribution in [0.15, 0.2) is 18.2 Å². The molecule has 0 atom stereocenters. The van der Waals surface area contributed by atoms with E-state index in [1.807, 2.05) is 6.07 Å². The molecule has 0 amide bonds. The number of methoxy groups -OCH3 is 2. The van der Waals surface area contributed by atoms with E-state index >= 15 is 0 Å². The number of rotatable bonds is 6. The van der Waals surface area contributed by atoms with Crippen LogP contribution in [0.4, 0.5) is 0 Å². The van der Waals surface area contributed by atoms with E-state index in [1.165, 1.54) is 0 Å². The lowest BCUT2D eigenvalue weighted by molar-refractivity contribution is -0.167. The molecule has 0 saturated heterocycles. The summed E-state index contributed by atoms with van der Waals surface area (Å²) < 4.78 is 19.6. The summed E-state index contributed by atoms with van der Waals surface area (Å²) in [7, 11) is 3.10.